The Hall–Kier alpha value is -1.32. The van der Waals surface area contributed by atoms with Crippen molar-refractivity contribution in [1.82, 2.24) is 4.90 Å². The Kier molecular flexibility index (Phi) is 4.61. The van der Waals surface area contributed by atoms with E-state index in [-0.39, 0.29) is 11.8 Å². The van der Waals surface area contributed by atoms with Gasteiger partial charge in [0, 0.05) is 13.1 Å². The zero-order chi connectivity index (χ0) is 13.8. The highest BCUT2D eigenvalue weighted by molar-refractivity contribution is 5.85. The van der Waals surface area contributed by atoms with E-state index in [0.717, 1.165) is 31.8 Å². The Labute approximate surface area is 114 Å². The van der Waals surface area contributed by atoms with Crippen molar-refractivity contribution in [2.75, 3.05) is 13.1 Å². The van der Waals surface area contributed by atoms with Gasteiger partial charge in [-0.1, -0.05) is 25.5 Å². The van der Waals surface area contributed by atoms with Crippen LogP contribution in [0, 0.1) is 17.8 Å². The number of hydrogen-bond donors (Lipinski definition) is 1. The third kappa shape index (κ3) is 3.17. The Bertz CT molecular complexity index is 370. The Balaban J connectivity index is 1.98. The molecule has 0 spiro atoms. The molecule has 1 saturated heterocycles. The smallest absolute Gasteiger partial charge is 0.307 e. The van der Waals surface area contributed by atoms with Crippen LogP contribution in [-0.4, -0.2) is 35.0 Å². The maximum Gasteiger partial charge on any atom is 0.307 e. The number of rotatable bonds is 3. The van der Waals surface area contributed by atoms with Crippen LogP contribution in [0.25, 0.3) is 0 Å². The van der Waals surface area contributed by atoms with Crippen molar-refractivity contribution in [3.05, 3.63) is 12.2 Å². The second kappa shape index (κ2) is 6.22. The quantitative estimate of drug-likeness (QED) is 0.797. The van der Waals surface area contributed by atoms with Gasteiger partial charge in [0.2, 0.25) is 5.91 Å². The predicted molar refractivity (Wildman–Crippen MR) is 72.6 cm³/mol. The maximum atomic E-state index is 12.5. The summed E-state index contributed by atoms with van der Waals surface area (Å²) < 4.78 is 0. The summed E-state index contributed by atoms with van der Waals surface area (Å²) in [5.74, 6) is -0.968. The third-order valence-corrected chi connectivity index (χ3v) is 4.57. The monoisotopic (exact) mass is 265 g/mol. The van der Waals surface area contributed by atoms with Crippen molar-refractivity contribution >= 4 is 11.9 Å². The fourth-order valence-electron chi connectivity index (χ4n) is 3.16. The summed E-state index contributed by atoms with van der Waals surface area (Å²) in [5, 5.41) is 9.23. The van der Waals surface area contributed by atoms with Crippen molar-refractivity contribution in [1.29, 1.82) is 0 Å². The van der Waals surface area contributed by atoms with Crippen molar-refractivity contribution < 1.29 is 14.7 Å². The number of nitrogens with zero attached hydrogens (tertiary/aromatic N) is 1. The van der Waals surface area contributed by atoms with Gasteiger partial charge in [-0.2, -0.15) is 0 Å². The van der Waals surface area contributed by atoms with Gasteiger partial charge in [-0.15, -0.1) is 0 Å². The van der Waals surface area contributed by atoms with E-state index in [0.29, 0.717) is 12.8 Å². The van der Waals surface area contributed by atoms with Crippen molar-refractivity contribution in [3.8, 4) is 0 Å². The number of allylic oxidation sites excluding steroid dienone is 2. The Morgan fingerprint density at radius 3 is 2.26 bits per heavy atom. The second-order valence-corrected chi connectivity index (χ2v) is 5.67. The van der Waals surface area contributed by atoms with E-state index in [1.807, 2.05) is 17.1 Å². The molecule has 0 aromatic carbocycles. The first-order valence-corrected chi connectivity index (χ1v) is 7.30. The van der Waals surface area contributed by atoms with Crippen molar-refractivity contribution in [2.45, 2.75) is 39.0 Å². The van der Waals surface area contributed by atoms with Gasteiger partial charge in [0.1, 0.15) is 0 Å². The number of carboxylic acids is 1. The summed E-state index contributed by atoms with van der Waals surface area (Å²) in [7, 11) is 0. The van der Waals surface area contributed by atoms with Gasteiger partial charge >= 0.3 is 5.97 Å². The summed E-state index contributed by atoms with van der Waals surface area (Å²) in [5.41, 5.74) is 0. The van der Waals surface area contributed by atoms with Gasteiger partial charge in [0.25, 0.3) is 0 Å². The van der Waals surface area contributed by atoms with E-state index < -0.39 is 11.9 Å². The number of hydrogen-bond acceptors (Lipinski definition) is 2. The molecule has 19 heavy (non-hydrogen) atoms. The molecule has 2 unspecified atom stereocenters. The first-order valence-electron chi connectivity index (χ1n) is 7.30. The number of piperidine rings is 1. The molecule has 1 heterocycles. The molecule has 4 nitrogen and oxygen atoms in total. The first kappa shape index (κ1) is 14.1. The lowest BCUT2D eigenvalue weighted by Gasteiger charge is -2.35. The molecule has 1 amide bonds. The highest BCUT2D eigenvalue weighted by Gasteiger charge is 2.37. The van der Waals surface area contributed by atoms with Gasteiger partial charge < -0.3 is 10.0 Å². The van der Waals surface area contributed by atoms with Crippen LogP contribution < -0.4 is 0 Å². The summed E-state index contributed by atoms with van der Waals surface area (Å²) in [6, 6.07) is 0. The number of carboxylic acid groups (broad SMARTS) is 1. The molecule has 0 radical (unpaired) electrons. The van der Waals surface area contributed by atoms with Crippen LogP contribution in [0.15, 0.2) is 12.2 Å². The predicted octanol–water partition coefficient (Wildman–Crippen LogP) is 2.30. The summed E-state index contributed by atoms with van der Waals surface area (Å²) in [6.07, 6.45) is 8.17. The molecule has 0 aromatic rings. The van der Waals surface area contributed by atoms with Gasteiger partial charge in [0.05, 0.1) is 11.8 Å². The largest absolute Gasteiger partial charge is 0.481 e. The average Bonchev–Trinajstić information content (AvgIpc) is 2.46. The number of amides is 1. The van der Waals surface area contributed by atoms with E-state index >= 15 is 0 Å². The molecular weight excluding hydrogens is 242 g/mol. The molecular formula is C15H23NO3. The van der Waals surface area contributed by atoms with Crippen LogP contribution in [0.4, 0.5) is 0 Å². The van der Waals surface area contributed by atoms with Gasteiger partial charge in [-0.05, 0) is 31.6 Å². The molecule has 2 rings (SSSR count). The standard InChI is InChI=1S/C15H23NO3/c1-2-11-7-9-16(10-8-11)14(17)12-5-3-4-6-13(12)15(18)19/h3-4,11-13H,2,5-10H2,1H3,(H,18,19). The average molecular weight is 265 g/mol. The SMILES string of the molecule is CCC1CCN(C(=O)C2CC=CCC2C(=O)O)CC1. The van der Waals surface area contributed by atoms with Crippen molar-refractivity contribution in [2.24, 2.45) is 17.8 Å². The molecule has 1 fully saturated rings. The van der Waals surface area contributed by atoms with E-state index in [1.165, 1.54) is 6.42 Å². The topological polar surface area (TPSA) is 57.6 Å². The van der Waals surface area contributed by atoms with Crippen LogP contribution in [0.3, 0.4) is 0 Å². The van der Waals surface area contributed by atoms with Gasteiger partial charge in [-0.25, -0.2) is 0 Å². The number of carbonyl (C=O) groups excluding carboxylic acids is 1. The Morgan fingerprint density at radius 2 is 1.74 bits per heavy atom. The molecule has 2 atom stereocenters. The lowest BCUT2D eigenvalue weighted by molar-refractivity contribution is -0.151. The van der Waals surface area contributed by atoms with Gasteiger partial charge in [-0.3, -0.25) is 9.59 Å². The van der Waals surface area contributed by atoms with Crippen LogP contribution in [0.1, 0.15) is 39.0 Å². The highest BCUT2D eigenvalue weighted by atomic mass is 16.4. The summed E-state index contributed by atoms with van der Waals surface area (Å²) in [4.78, 5) is 25.6. The van der Waals surface area contributed by atoms with Crippen molar-refractivity contribution in [3.63, 3.8) is 0 Å². The van der Waals surface area contributed by atoms with E-state index in [4.69, 9.17) is 0 Å². The first-order chi connectivity index (χ1) is 9.13. The van der Waals surface area contributed by atoms with E-state index in [9.17, 15) is 14.7 Å². The zero-order valence-electron chi connectivity index (χ0n) is 11.5. The minimum atomic E-state index is -0.842. The molecule has 0 saturated carbocycles. The lowest BCUT2D eigenvalue weighted by Crippen LogP contribution is -2.45. The number of aliphatic carboxylic acids is 1. The molecule has 1 N–H and O–H groups in total. The van der Waals surface area contributed by atoms with Crippen LogP contribution in [-0.2, 0) is 9.59 Å². The number of likely N-dealkylation sites (tertiary alicyclic amines) is 1. The summed E-state index contributed by atoms with van der Waals surface area (Å²) >= 11 is 0. The van der Waals surface area contributed by atoms with E-state index in [2.05, 4.69) is 6.92 Å². The summed E-state index contributed by atoms with van der Waals surface area (Å²) in [6.45, 7) is 3.78. The minimum Gasteiger partial charge on any atom is -0.481 e. The molecule has 4 heteroatoms. The molecule has 0 bridgehead atoms. The molecule has 1 aliphatic heterocycles. The molecule has 2 aliphatic rings. The van der Waals surface area contributed by atoms with Crippen LogP contribution >= 0.6 is 0 Å². The van der Waals surface area contributed by atoms with Crippen LogP contribution in [0.2, 0.25) is 0 Å². The fraction of sp³-hybridized carbons (Fsp3) is 0.733. The lowest BCUT2D eigenvalue weighted by atomic mass is 9.81. The van der Waals surface area contributed by atoms with Crippen LogP contribution in [0.5, 0.6) is 0 Å². The highest BCUT2D eigenvalue weighted by Crippen LogP contribution is 2.29. The maximum absolute atomic E-state index is 12.5. The molecule has 1 aliphatic carbocycles. The second-order valence-electron chi connectivity index (χ2n) is 5.67. The third-order valence-electron chi connectivity index (χ3n) is 4.57. The van der Waals surface area contributed by atoms with E-state index in [1.54, 1.807) is 0 Å². The molecule has 0 aromatic heterocycles. The zero-order valence-corrected chi connectivity index (χ0v) is 11.5. The van der Waals surface area contributed by atoms with Gasteiger partial charge in [0.15, 0.2) is 0 Å². The Morgan fingerprint density at radius 1 is 1.16 bits per heavy atom. The molecule has 106 valence electrons. The normalized spacial score (nSPS) is 28.4. The number of carbonyl (C=O) groups is 2. The fourth-order valence-corrected chi connectivity index (χ4v) is 3.16. The minimum absolute atomic E-state index is 0.0475.